The van der Waals surface area contributed by atoms with Crippen molar-refractivity contribution in [3.8, 4) is 0 Å². The summed E-state index contributed by atoms with van der Waals surface area (Å²) in [5.74, 6) is 0.763. The highest BCUT2D eigenvalue weighted by atomic mass is 32.2. The molecule has 1 aliphatic rings. The van der Waals surface area contributed by atoms with Crippen LogP contribution in [0.5, 0.6) is 0 Å². The average Bonchev–Trinajstić information content (AvgIpc) is 3.09. The molecule has 0 unspecified atom stereocenters. The minimum absolute atomic E-state index is 0.0439. The summed E-state index contributed by atoms with van der Waals surface area (Å²) in [4.78, 5) is 12.1. The van der Waals surface area contributed by atoms with Crippen molar-refractivity contribution in [2.24, 2.45) is 5.92 Å². The minimum atomic E-state index is -3.23. The fraction of sp³-hybridized carbons (Fsp3) is 0.462. The predicted molar refractivity (Wildman–Crippen MR) is 65.8 cm³/mol. The summed E-state index contributed by atoms with van der Waals surface area (Å²) in [6, 6.07) is 6.31. The largest absolute Gasteiger partial charge is 0.294 e. The number of benzene rings is 1. The Morgan fingerprint density at radius 1 is 1.35 bits per heavy atom. The topological polar surface area (TPSA) is 51.2 Å². The zero-order valence-corrected chi connectivity index (χ0v) is 10.7. The lowest BCUT2D eigenvalue weighted by atomic mass is 10.1. The highest BCUT2D eigenvalue weighted by Crippen LogP contribution is 2.33. The first-order chi connectivity index (χ1) is 7.97. The molecule has 17 heavy (non-hydrogen) atoms. The van der Waals surface area contributed by atoms with Gasteiger partial charge in [0, 0.05) is 18.2 Å². The Hall–Kier alpha value is -1.16. The van der Waals surface area contributed by atoms with Crippen molar-refractivity contribution in [1.29, 1.82) is 0 Å². The van der Waals surface area contributed by atoms with Gasteiger partial charge < -0.3 is 0 Å². The van der Waals surface area contributed by atoms with Gasteiger partial charge >= 0.3 is 0 Å². The van der Waals surface area contributed by atoms with Gasteiger partial charge in [0.05, 0.1) is 4.90 Å². The molecular formula is C13H16O3S. The highest BCUT2D eigenvalue weighted by Gasteiger charge is 2.22. The van der Waals surface area contributed by atoms with Gasteiger partial charge in [-0.2, -0.15) is 0 Å². The van der Waals surface area contributed by atoms with Gasteiger partial charge in [0.1, 0.15) is 0 Å². The Morgan fingerprint density at radius 3 is 2.65 bits per heavy atom. The molecule has 0 aliphatic heterocycles. The van der Waals surface area contributed by atoms with E-state index in [0.717, 1.165) is 18.6 Å². The third kappa shape index (κ3) is 3.40. The Kier molecular flexibility index (Phi) is 3.33. The molecule has 1 aliphatic carbocycles. The molecule has 0 radical (unpaired) electrons. The van der Waals surface area contributed by atoms with Crippen LogP contribution < -0.4 is 0 Å². The fourth-order valence-corrected chi connectivity index (χ4v) is 2.45. The summed E-state index contributed by atoms with van der Waals surface area (Å²) in [5.41, 5.74) is 0.508. The number of sulfone groups is 1. The highest BCUT2D eigenvalue weighted by molar-refractivity contribution is 7.90. The van der Waals surface area contributed by atoms with Crippen LogP contribution in [-0.4, -0.2) is 20.5 Å². The number of carbonyl (C=O) groups excluding carboxylic acids is 1. The van der Waals surface area contributed by atoms with Crippen LogP contribution in [0.25, 0.3) is 0 Å². The lowest BCUT2D eigenvalue weighted by Crippen LogP contribution is -2.03. The maximum Gasteiger partial charge on any atom is 0.175 e. The second kappa shape index (κ2) is 4.61. The van der Waals surface area contributed by atoms with Crippen LogP contribution in [0.4, 0.5) is 0 Å². The smallest absolute Gasteiger partial charge is 0.175 e. The normalized spacial score (nSPS) is 15.8. The van der Waals surface area contributed by atoms with Crippen molar-refractivity contribution in [3.05, 3.63) is 29.8 Å². The quantitative estimate of drug-likeness (QED) is 0.756. The second-order valence-electron chi connectivity index (χ2n) is 4.71. The van der Waals surface area contributed by atoms with Gasteiger partial charge in [-0.25, -0.2) is 8.42 Å². The summed E-state index contributed by atoms with van der Waals surface area (Å²) < 4.78 is 22.7. The molecule has 2 rings (SSSR count). The van der Waals surface area contributed by atoms with Crippen molar-refractivity contribution in [1.82, 2.24) is 0 Å². The van der Waals surface area contributed by atoms with E-state index in [9.17, 15) is 13.2 Å². The van der Waals surface area contributed by atoms with Crippen molar-refractivity contribution in [2.45, 2.75) is 30.6 Å². The molecule has 0 bridgehead atoms. The molecule has 0 spiro atoms. The molecule has 0 heterocycles. The summed E-state index contributed by atoms with van der Waals surface area (Å²) in [6.45, 7) is 0. The number of hydrogen-bond acceptors (Lipinski definition) is 3. The molecule has 3 nitrogen and oxygen atoms in total. The van der Waals surface area contributed by atoms with E-state index in [1.54, 1.807) is 12.1 Å². The van der Waals surface area contributed by atoms with Crippen LogP contribution in [0.3, 0.4) is 0 Å². The second-order valence-corrected chi connectivity index (χ2v) is 6.72. The van der Waals surface area contributed by atoms with Crippen molar-refractivity contribution in [3.63, 3.8) is 0 Å². The lowest BCUT2D eigenvalue weighted by molar-refractivity contribution is 0.0978. The van der Waals surface area contributed by atoms with Gasteiger partial charge in [0.2, 0.25) is 0 Å². The SMILES string of the molecule is CS(=O)(=O)c1cccc(C(=O)CCC2CC2)c1. The number of Topliss-reactive ketones (excluding diaryl/α,β-unsaturated/α-hetero) is 1. The maximum absolute atomic E-state index is 11.9. The van der Waals surface area contributed by atoms with Crippen molar-refractivity contribution >= 4 is 15.6 Å². The zero-order chi connectivity index (χ0) is 12.5. The van der Waals surface area contributed by atoms with Gasteiger partial charge in [-0.1, -0.05) is 25.0 Å². The third-order valence-electron chi connectivity index (χ3n) is 3.06. The molecule has 1 aromatic rings. The molecular weight excluding hydrogens is 236 g/mol. The number of carbonyl (C=O) groups is 1. The van der Waals surface area contributed by atoms with Crippen LogP contribution in [0, 0.1) is 5.92 Å². The van der Waals surface area contributed by atoms with E-state index < -0.39 is 9.84 Å². The molecule has 0 N–H and O–H groups in total. The van der Waals surface area contributed by atoms with Gasteiger partial charge in [-0.3, -0.25) is 4.79 Å². The molecule has 4 heteroatoms. The fourth-order valence-electron chi connectivity index (χ4n) is 1.79. The molecule has 1 aromatic carbocycles. The Balaban J connectivity index is 2.11. The Bertz CT molecular complexity index is 527. The Labute approximate surface area is 102 Å². The molecule has 0 amide bonds. The maximum atomic E-state index is 11.9. The van der Waals surface area contributed by atoms with Crippen molar-refractivity contribution < 1.29 is 13.2 Å². The van der Waals surface area contributed by atoms with E-state index in [2.05, 4.69) is 0 Å². The van der Waals surface area contributed by atoms with Crippen LogP contribution >= 0.6 is 0 Å². The van der Waals surface area contributed by atoms with Gasteiger partial charge in [0.15, 0.2) is 15.6 Å². The molecule has 0 atom stereocenters. The zero-order valence-electron chi connectivity index (χ0n) is 9.85. The van der Waals surface area contributed by atoms with E-state index in [1.165, 1.54) is 25.0 Å². The van der Waals surface area contributed by atoms with Crippen LogP contribution in [-0.2, 0) is 9.84 Å². The van der Waals surface area contributed by atoms with Gasteiger partial charge in [-0.05, 0) is 24.5 Å². The first kappa shape index (κ1) is 12.3. The summed E-state index contributed by atoms with van der Waals surface area (Å²) in [7, 11) is -3.23. The van der Waals surface area contributed by atoms with E-state index >= 15 is 0 Å². The first-order valence-corrected chi connectivity index (χ1v) is 7.69. The number of hydrogen-bond donors (Lipinski definition) is 0. The van der Waals surface area contributed by atoms with E-state index in [1.807, 2.05) is 0 Å². The average molecular weight is 252 g/mol. The summed E-state index contributed by atoms with van der Waals surface area (Å²) in [5, 5.41) is 0. The van der Waals surface area contributed by atoms with Crippen LogP contribution in [0.1, 0.15) is 36.0 Å². The summed E-state index contributed by atoms with van der Waals surface area (Å²) in [6.07, 6.45) is 5.08. The summed E-state index contributed by atoms with van der Waals surface area (Å²) >= 11 is 0. The third-order valence-corrected chi connectivity index (χ3v) is 4.17. The first-order valence-electron chi connectivity index (χ1n) is 5.80. The van der Waals surface area contributed by atoms with E-state index in [4.69, 9.17) is 0 Å². The Morgan fingerprint density at radius 2 is 2.06 bits per heavy atom. The lowest BCUT2D eigenvalue weighted by Gasteiger charge is -2.03. The van der Waals surface area contributed by atoms with E-state index in [0.29, 0.717) is 12.0 Å². The van der Waals surface area contributed by atoms with E-state index in [-0.39, 0.29) is 10.7 Å². The molecule has 0 aromatic heterocycles. The van der Waals surface area contributed by atoms with Crippen LogP contribution in [0.15, 0.2) is 29.2 Å². The molecule has 1 fully saturated rings. The molecule has 92 valence electrons. The van der Waals surface area contributed by atoms with Crippen LogP contribution in [0.2, 0.25) is 0 Å². The predicted octanol–water partition coefficient (Wildman–Crippen LogP) is 2.46. The van der Waals surface area contributed by atoms with Crippen molar-refractivity contribution in [2.75, 3.05) is 6.26 Å². The molecule has 1 saturated carbocycles. The molecule has 0 saturated heterocycles. The van der Waals surface area contributed by atoms with Gasteiger partial charge in [0.25, 0.3) is 0 Å². The number of rotatable bonds is 5. The monoisotopic (exact) mass is 252 g/mol. The standard InChI is InChI=1S/C13H16O3S/c1-17(15,16)12-4-2-3-11(9-12)13(14)8-7-10-5-6-10/h2-4,9-10H,5-8H2,1H3. The minimum Gasteiger partial charge on any atom is -0.294 e. The number of ketones is 1. The van der Waals surface area contributed by atoms with Gasteiger partial charge in [-0.15, -0.1) is 0 Å².